The fourth-order valence-corrected chi connectivity index (χ4v) is 2.10. The summed E-state index contributed by atoms with van der Waals surface area (Å²) >= 11 is 6.17. The number of hydrogen-bond donors (Lipinski definition) is 1. The van der Waals surface area contributed by atoms with Crippen molar-refractivity contribution in [1.82, 2.24) is 10.3 Å². The van der Waals surface area contributed by atoms with Gasteiger partial charge in [0, 0.05) is 12.6 Å². The van der Waals surface area contributed by atoms with E-state index in [4.69, 9.17) is 16.3 Å². The first-order valence-corrected chi connectivity index (χ1v) is 7.59. The monoisotopic (exact) mass is 304 g/mol. The molecular formula is C17H21ClN2O. The first-order chi connectivity index (χ1) is 10.1. The Morgan fingerprint density at radius 3 is 2.67 bits per heavy atom. The van der Waals surface area contributed by atoms with E-state index in [1.54, 1.807) is 6.07 Å². The van der Waals surface area contributed by atoms with Gasteiger partial charge in [0.2, 0.25) is 5.88 Å². The molecule has 0 saturated heterocycles. The van der Waals surface area contributed by atoms with Gasteiger partial charge in [-0.25, -0.2) is 4.98 Å². The van der Waals surface area contributed by atoms with Crippen molar-refractivity contribution in [2.75, 3.05) is 6.54 Å². The Labute approximate surface area is 131 Å². The molecule has 2 rings (SSSR count). The van der Waals surface area contributed by atoms with Gasteiger partial charge in [-0.05, 0) is 56.1 Å². The second-order valence-electron chi connectivity index (χ2n) is 5.10. The zero-order chi connectivity index (χ0) is 15.2. The fourth-order valence-electron chi connectivity index (χ4n) is 1.93. The van der Waals surface area contributed by atoms with Crippen LogP contribution in [0.15, 0.2) is 30.3 Å². The lowest BCUT2D eigenvalue weighted by Crippen LogP contribution is -2.15. The van der Waals surface area contributed by atoms with Crippen molar-refractivity contribution in [3.05, 3.63) is 52.2 Å². The zero-order valence-electron chi connectivity index (χ0n) is 12.7. The molecule has 2 aromatic rings. The summed E-state index contributed by atoms with van der Waals surface area (Å²) in [5.41, 5.74) is 3.26. The summed E-state index contributed by atoms with van der Waals surface area (Å²) in [4.78, 5) is 4.47. The van der Waals surface area contributed by atoms with Crippen LogP contribution in [0.4, 0.5) is 0 Å². The molecule has 0 unspecified atom stereocenters. The van der Waals surface area contributed by atoms with E-state index in [0.29, 0.717) is 17.4 Å². The molecule has 0 bridgehead atoms. The van der Waals surface area contributed by atoms with Crippen LogP contribution in [0.3, 0.4) is 0 Å². The van der Waals surface area contributed by atoms with E-state index in [9.17, 15) is 0 Å². The van der Waals surface area contributed by atoms with E-state index >= 15 is 0 Å². The summed E-state index contributed by atoms with van der Waals surface area (Å²) in [6, 6.07) is 9.63. The summed E-state index contributed by atoms with van der Waals surface area (Å²) in [7, 11) is 0. The molecule has 0 aliphatic rings. The molecule has 112 valence electrons. The fraction of sp³-hybridized carbons (Fsp3) is 0.353. The van der Waals surface area contributed by atoms with Crippen molar-refractivity contribution >= 4 is 11.6 Å². The van der Waals surface area contributed by atoms with Gasteiger partial charge >= 0.3 is 0 Å². The van der Waals surface area contributed by atoms with Crippen LogP contribution >= 0.6 is 11.6 Å². The highest BCUT2D eigenvalue weighted by Crippen LogP contribution is 2.24. The van der Waals surface area contributed by atoms with Crippen LogP contribution in [0.1, 0.15) is 30.2 Å². The number of hydrogen-bond acceptors (Lipinski definition) is 3. The third kappa shape index (κ3) is 4.45. The normalized spacial score (nSPS) is 10.7. The lowest BCUT2D eigenvalue weighted by Gasteiger charge is -2.10. The van der Waals surface area contributed by atoms with Gasteiger partial charge in [0.25, 0.3) is 0 Å². The number of aromatic nitrogens is 1. The number of benzene rings is 1. The summed E-state index contributed by atoms with van der Waals surface area (Å²) in [5.74, 6) is 1.36. The summed E-state index contributed by atoms with van der Waals surface area (Å²) in [5, 5.41) is 3.96. The molecule has 3 nitrogen and oxygen atoms in total. The predicted octanol–water partition coefficient (Wildman–Crippen LogP) is 4.64. The number of ether oxygens (including phenoxy) is 1. The molecule has 0 amide bonds. The van der Waals surface area contributed by atoms with Crippen LogP contribution in [0.2, 0.25) is 5.02 Å². The molecule has 1 aromatic carbocycles. The van der Waals surface area contributed by atoms with Crippen molar-refractivity contribution in [3.63, 3.8) is 0 Å². The summed E-state index contributed by atoms with van der Waals surface area (Å²) in [6.07, 6.45) is 1.08. The maximum absolute atomic E-state index is 6.17. The van der Waals surface area contributed by atoms with E-state index in [1.165, 1.54) is 11.1 Å². The molecule has 4 heteroatoms. The Balaban J connectivity index is 2.12. The lowest BCUT2D eigenvalue weighted by molar-refractivity contribution is 0.459. The first kappa shape index (κ1) is 15.8. The van der Waals surface area contributed by atoms with Crippen LogP contribution in [-0.2, 0) is 6.54 Å². The highest BCUT2D eigenvalue weighted by atomic mass is 35.5. The third-order valence-electron chi connectivity index (χ3n) is 3.31. The standard InChI is InChI=1S/C17H21ClN2O/c1-4-9-19-11-16-15(18)7-8-17(20-16)21-14-6-5-12(2)13(3)10-14/h5-8,10,19H,4,9,11H2,1-3H3. The van der Waals surface area contributed by atoms with E-state index in [1.807, 2.05) is 24.3 Å². The summed E-state index contributed by atoms with van der Waals surface area (Å²) in [6.45, 7) is 7.87. The number of rotatable bonds is 6. The Morgan fingerprint density at radius 1 is 1.14 bits per heavy atom. The van der Waals surface area contributed by atoms with Gasteiger partial charge in [0.1, 0.15) is 5.75 Å². The van der Waals surface area contributed by atoms with E-state index in [-0.39, 0.29) is 0 Å². The number of pyridine rings is 1. The van der Waals surface area contributed by atoms with Crippen LogP contribution in [0.25, 0.3) is 0 Å². The molecule has 0 spiro atoms. The van der Waals surface area contributed by atoms with Gasteiger partial charge in [-0.1, -0.05) is 24.6 Å². The first-order valence-electron chi connectivity index (χ1n) is 7.21. The second kappa shape index (κ2) is 7.43. The Bertz CT molecular complexity index is 614. The van der Waals surface area contributed by atoms with Gasteiger partial charge in [-0.3, -0.25) is 0 Å². The minimum atomic E-state index is 0.566. The average molecular weight is 305 g/mol. The third-order valence-corrected chi connectivity index (χ3v) is 3.66. The molecule has 1 heterocycles. The molecular weight excluding hydrogens is 284 g/mol. The topological polar surface area (TPSA) is 34.2 Å². The average Bonchev–Trinajstić information content (AvgIpc) is 2.46. The highest BCUT2D eigenvalue weighted by Gasteiger charge is 2.06. The van der Waals surface area contributed by atoms with Gasteiger partial charge in [0.05, 0.1) is 10.7 Å². The number of nitrogens with zero attached hydrogens (tertiary/aromatic N) is 1. The molecule has 0 fully saturated rings. The smallest absolute Gasteiger partial charge is 0.219 e. The van der Waals surface area contributed by atoms with Gasteiger partial charge in [-0.2, -0.15) is 0 Å². The maximum atomic E-state index is 6.17. The number of nitrogens with one attached hydrogen (secondary N) is 1. The molecule has 21 heavy (non-hydrogen) atoms. The van der Waals surface area contributed by atoms with Crippen molar-refractivity contribution in [1.29, 1.82) is 0 Å². The minimum absolute atomic E-state index is 0.566. The van der Waals surface area contributed by atoms with Crippen LogP contribution < -0.4 is 10.1 Å². The molecule has 1 N–H and O–H groups in total. The molecule has 0 aliphatic heterocycles. The SMILES string of the molecule is CCCNCc1nc(Oc2ccc(C)c(C)c2)ccc1Cl. The number of aryl methyl sites for hydroxylation is 2. The van der Waals surface area contributed by atoms with Gasteiger partial charge < -0.3 is 10.1 Å². The molecule has 0 atom stereocenters. The molecule has 0 radical (unpaired) electrons. The van der Waals surface area contributed by atoms with Crippen molar-refractivity contribution in [2.24, 2.45) is 0 Å². The van der Waals surface area contributed by atoms with Crippen molar-refractivity contribution in [2.45, 2.75) is 33.7 Å². The van der Waals surface area contributed by atoms with Crippen LogP contribution in [0.5, 0.6) is 11.6 Å². The molecule has 0 saturated carbocycles. The molecule has 0 aliphatic carbocycles. The second-order valence-corrected chi connectivity index (χ2v) is 5.51. The highest BCUT2D eigenvalue weighted by molar-refractivity contribution is 6.31. The van der Waals surface area contributed by atoms with E-state index < -0.39 is 0 Å². The minimum Gasteiger partial charge on any atom is -0.439 e. The van der Waals surface area contributed by atoms with Crippen molar-refractivity contribution in [3.8, 4) is 11.6 Å². The lowest BCUT2D eigenvalue weighted by atomic mass is 10.1. The zero-order valence-corrected chi connectivity index (χ0v) is 13.5. The van der Waals surface area contributed by atoms with E-state index in [0.717, 1.165) is 24.4 Å². The Morgan fingerprint density at radius 2 is 1.95 bits per heavy atom. The predicted molar refractivity (Wildman–Crippen MR) is 87.2 cm³/mol. The Kier molecular flexibility index (Phi) is 5.59. The van der Waals surface area contributed by atoms with Gasteiger partial charge in [-0.15, -0.1) is 0 Å². The van der Waals surface area contributed by atoms with Crippen molar-refractivity contribution < 1.29 is 4.74 Å². The molecule has 1 aromatic heterocycles. The quantitative estimate of drug-likeness (QED) is 0.789. The van der Waals surface area contributed by atoms with E-state index in [2.05, 4.69) is 31.1 Å². The van der Waals surface area contributed by atoms with Crippen LogP contribution in [-0.4, -0.2) is 11.5 Å². The number of halogens is 1. The Hall–Kier alpha value is -1.58. The summed E-state index contributed by atoms with van der Waals surface area (Å²) < 4.78 is 5.82. The largest absolute Gasteiger partial charge is 0.439 e. The maximum Gasteiger partial charge on any atom is 0.219 e. The van der Waals surface area contributed by atoms with Crippen LogP contribution in [0, 0.1) is 13.8 Å². The van der Waals surface area contributed by atoms with Gasteiger partial charge in [0.15, 0.2) is 0 Å².